The molecule has 0 aliphatic heterocycles. The van der Waals surface area contributed by atoms with Crippen molar-refractivity contribution in [2.24, 2.45) is 0 Å². The van der Waals surface area contributed by atoms with Crippen molar-refractivity contribution in [3.05, 3.63) is 24.4 Å². The summed E-state index contributed by atoms with van der Waals surface area (Å²) in [4.78, 5) is 3.70. The number of nitrogens with one attached hydrogen (secondary N) is 1. The van der Waals surface area contributed by atoms with Crippen LogP contribution in [-0.2, 0) is 0 Å². The number of rotatable bonds is 1. The largest absolute Gasteiger partial charge is 0.290 e. The van der Waals surface area contributed by atoms with E-state index in [1.54, 1.807) is 18.3 Å². The fourth-order valence-electron chi connectivity index (χ4n) is 0.386. The van der Waals surface area contributed by atoms with Gasteiger partial charge in [0.1, 0.15) is 5.82 Å². The van der Waals surface area contributed by atoms with Crippen LogP contribution in [0.5, 0.6) is 0 Å². The maximum absolute atomic E-state index is 8.21. The van der Waals surface area contributed by atoms with Crippen LogP contribution in [0.3, 0.4) is 0 Å². The van der Waals surface area contributed by atoms with Crippen molar-refractivity contribution in [1.29, 1.82) is 0 Å². The summed E-state index contributed by atoms with van der Waals surface area (Å²) in [7, 11) is 0. The van der Waals surface area contributed by atoms with Crippen LogP contribution in [0.4, 0.5) is 5.82 Å². The van der Waals surface area contributed by atoms with Gasteiger partial charge in [0.05, 0.1) is 0 Å². The van der Waals surface area contributed by atoms with Gasteiger partial charge in [0, 0.05) is 6.20 Å². The Balaban J connectivity index is 2.83. The Morgan fingerprint density at radius 2 is 2.62 bits per heavy atom. The standard InChI is InChI=1S/C5H5N2O/c8-7-5-3-1-2-4-6-5/h2-4,8H,(H,6,7). The van der Waals surface area contributed by atoms with E-state index in [0.29, 0.717) is 5.82 Å². The molecule has 1 aromatic heterocycles. The zero-order chi connectivity index (χ0) is 5.82. The first-order valence-corrected chi connectivity index (χ1v) is 2.15. The van der Waals surface area contributed by atoms with Crippen LogP contribution >= 0.6 is 0 Å². The summed E-state index contributed by atoms with van der Waals surface area (Å²) in [6.45, 7) is 0. The molecule has 0 aliphatic rings. The number of anilines is 1. The summed E-state index contributed by atoms with van der Waals surface area (Å²) in [5.74, 6) is 0.410. The summed E-state index contributed by atoms with van der Waals surface area (Å²) in [6, 6.07) is 5.92. The zero-order valence-electron chi connectivity index (χ0n) is 4.13. The Morgan fingerprint density at radius 1 is 1.75 bits per heavy atom. The molecule has 0 fully saturated rings. The van der Waals surface area contributed by atoms with Crippen molar-refractivity contribution in [3.63, 3.8) is 0 Å². The first-order valence-electron chi connectivity index (χ1n) is 2.15. The third kappa shape index (κ3) is 0.946. The Bertz CT molecular complexity index is 152. The molecule has 1 aromatic rings. The van der Waals surface area contributed by atoms with Gasteiger partial charge in [-0.2, -0.15) is 0 Å². The smallest absolute Gasteiger partial charge is 0.149 e. The zero-order valence-corrected chi connectivity index (χ0v) is 4.13. The summed E-state index contributed by atoms with van der Waals surface area (Å²) in [5, 5.41) is 8.21. The van der Waals surface area contributed by atoms with Crippen LogP contribution in [0.1, 0.15) is 0 Å². The highest BCUT2D eigenvalue weighted by Gasteiger charge is 1.81. The Kier molecular flexibility index (Phi) is 1.44. The van der Waals surface area contributed by atoms with Gasteiger partial charge in [0.2, 0.25) is 0 Å². The van der Waals surface area contributed by atoms with E-state index >= 15 is 0 Å². The van der Waals surface area contributed by atoms with Crippen molar-refractivity contribution in [1.82, 2.24) is 4.98 Å². The Hall–Kier alpha value is -1.09. The lowest BCUT2D eigenvalue weighted by Crippen LogP contribution is -1.90. The van der Waals surface area contributed by atoms with E-state index in [1.165, 1.54) is 0 Å². The highest BCUT2D eigenvalue weighted by molar-refractivity contribution is 5.28. The van der Waals surface area contributed by atoms with Gasteiger partial charge >= 0.3 is 0 Å². The molecule has 0 saturated carbocycles. The first kappa shape index (κ1) is 5.05. The van der Waals surface area contributed by atoms with Crippen LogP contribution in [0.2, 0.25) is 0 Å². The number of aromatic nitrogens is 1. The lowest BCUT2D eigenvalue weighted by atomic mass is 10.5. The minimum atomic E-state index is 0.410. The molecule has 1 heterocycles. The van der Waals surface area contributed by atoms with Crippen molar-refractivity contribution < 1.29 is 5.21 Å². The molecule has 0 unspecified atom stereocenters. The summed E-state index contributed by atoms with van der Waals surface area (Å²) in [5.41, 5.74) is 1.88. The molecular formula is C5H5N2O. The van der Waals surface area contributed by atoms with Gasteiger partial charge < -0.3 is 0 Å². The molecule has 2 N–H and O–H groups in total. The summed E-state index contributed by atoms with van der Waals surface area (Å²) < 4.78 is 0. The van der Waals surface area contributed by atoms with Crippen molar-refractivity contribution in [2.45, 2.75) is 0 Å². The molecule has 3 nitrogen and oxygen atoms in total. The minimum Gasteiger partial charge on any atom is -0.290 e. The molecule has 0 amide bonds. The molecule has 1 rings (SSSR count). The molecule has 41 valence electrons. The molecule has 0 aromatic carbocycles. The highest BCUT2D eigenvalue weighted by atomic mass is 16.5. The van der Waals surface area contributed by atoms with Crippen molar-refractivity contribution in [3.8, 4) is 0 Å². The van der Waals surface area contributed by atoms with E-state index in [9.17, 15) is 0 Å². The predicted molar refractivity (Wildman–Crippen MR) is 28.5 cm³/mol. The topological polar surface area (TPSA) is 45.1 Å². The van der Waals surface area contributed by atoms with E-state index in [2.05, 4.69) is 11.1 Å². The van der Waals surface area contributed by atoms with Gasteiger partial charge in [0.25, 0.3) is 0 Å². The van der Waals surface area contributed by atoms with Crippen LogP contribution in [0.25, 0.3) is 0 Å². The third-order valence-electron chi connectivity index (χ3n) is 0.719. The van der Waals surface area contributed by atoms with E-state index < -0.39 is 0 Å². The lowest BCUT2D eigenvalue weighted by molar-refractivity contribution is 0.386. The van der Waals surface area contributed by atoms with Crippen molar-refractivity contribution >= 4 is 5.82 Å². The van der Waals surface area contributed by atoms with Crippen LogP contribution in [-0.4, -0.2) is 10.2 Å². The normalized spacial score (nSPS) is 8.62. The molecule has 0 spiro atoms. The second-order valence-corrected chi connectivity index (χ2v) is 1.25. The predicted octanol–water partition coefficient (Wildman–Crippen LogP) is 0.683. The highest BCUT2D eigenvalue weighted by Crippen LogP contribution is 1.94. The lowest BCUT2D eigenvalue weighted by Gasteiger charge is -1.91. The summed E-state index contributed by atoms with van der Waals surface area (Å²) >= 11 is 0. The van der Waals surface area contributed by atoms with Gasteiger partial charge in [-0.3, -0.25) is 10.7 Å². The maximum Gasteiger partial charge on any atom is 0.149 e. The van der Waals surface area contributed by atoms with Crippen LogP contribution in [0.15, 0.2) is 18.3 Å². The monoisotopic (exact) mass is 109 g/mol. The number of hydrogen-bond acceptors (Lipinski definition) is 3. The van der Waals surface area contributed by atoms with E-state index in [-0.39, 0.29) is 0 Å². The molecule has 0 aliphatic carbocycles. The van der Waals surface area contributed by atoms with Gasteiger partial charge in [-0.05, 0) is 18.2 Å². The fourth-order valence-corrected chi connectivity index (χ4v) is 0.386. The fraction of sp³-hybridized carbons (Fsp3) is 0. The van der Waals surface area contributed by atoms with Crippen molar-refractivity contribution in [2.75, 3.05) is 5.48 Å². The summed E-state index contributed by atoms with van der Waals surface area (Å²) in [6.07, 6.45) is 1.54. The Morgan fingerprint density at radius 3 is 3.00 bits per heavy atom. The Labute approximate surface area is 46.9 Å². The first-order chi connectivity index (χ1) is 3.93. The van der Waals surface area contributed by atoms with E-state index in [4.69, 9.17) is 5.21 Å². The molecule has 0 saturated heterocycles. The van der Waals surface area contributed by atoms with Crippen LogP contribution in [0, 0.1) is 6.07 Å². The molecule has 1 radical (unpaired) electrons. The quantitative estimate of drug-likeness (QED) is 0.521. The second-order valence-electron chi connectivity index (χ2n) is 1.25. The van der Waals surface area contributed by atoms with Gasteiger partial charge in [0.15, 0.2) is 0 Å². The van der Waals surface area contributed by atoms with Crippen LogP contribution < -0.4 is 5.48 Å². The van der Waals surface area contributed by atoms with E-state index in [1.807, 2.05) is 5.48 Å². The third-order valence-corrected chi connectivity index (χ3v) is 0.719. The van der Waals surface area contributed by atoms with Gasteiger partial charge in [-0.15, -0.1) is 0 Å². The maximum atomic E-state index is 8.21. The number of pyridine rings is 1. The minimum absolute atomic E-state index is 0.410. The molecule has 3 heteroatoms. The second kappa shape index (κ2) is 2.28. The molecule has 8 heavy (non-hydrogen) atoms. The number of hydrogen-bond donors (Lipinski definition) is 2. The molecule has 0 atom stereocenters. The molecular weight excluding hydrogens is 104 g/mol. The average Bonchev–Trinajstić information content (AvgIpc) is 1.90. The average molecular weight is 109 g/mol. The van der Waals surface area contributed by atoms with Gasteiger partial charge in [-0.1, -0.05) is 0 Å². The number of nitrogens with zero attached hydrogens (tertiary/aromatic N) is 1. The molecule has 0 bridgehead atoms. The van der Waals surface area contributed by atoms with Gasteiger partial charge in [-0.25, -0.2) is 4.98 Å². The van der Waals surface area contributed by atoms with E-state index in [0.717, 1.165) is 0 Å². The SMILES string of the molecule is ONc1c[c]ccn1.